The van der Waals surface area contributed by atoms with E-state index in [-0.39, 0.29) is 17.7 Å². The first-order valence-electron chi connectivity index (χ1n) is 4.78. The number of Topliss-reactive ketones (excluding diaryl/α,β-unsaturated/α-hetero) is 1. The predicted octanol–water partition coefficient (Wildman–Crippen LogP) is 3.16. The van der Waals surface area contributed by atoms with E-state index in [0.29, 0.717) is 5.33 Å². The number of carbonyl (C=O) groups is 1. The molecule has 98 valence electrons. The molecule has 0 bridgehead atoms. The first-order valence-corrected chi connectivity index (χ1v) is 5.90. The number of carbonyl (C=O) groups excluding carboxylic acids is 1. The van der Waals surface area contributed by atoms with Gasteiger partial charge < -0.3 is 4.74 Å². The van der Waals surface area contributed by atoms with Gasteiger partial charge in [0.25, 0.3) is 5.69 Å². The minimum atomic E-state index is -3.08. The molecule has 0 aromatic heterocycles. The fourth-order valence-electron chi connectivity index (χ4n) is 1.29. The van der Waals surface area contributed by atoms with E-state index >= 15 is 0 Å². The van der Waals surface area contributed by atoms with Crippen molar-refractivity contribution in [2.75, 3.05) is 5.33 Å². The van der Waals surface area contributed by atoms with Crippen LogP contribution in [0.1, 0.15) is 16.8 Å². The van der Waals surface area contributed by atoms with Crippen molar-refractivity contribution < 1.29 is 23.2 Å². The van der Waals surface area contributed by atoms with Gasteiger partial charge in [-0.15, -0.1) is 0 Å². The lowest BCUT2D eigenvalue weighted by atomic mass is 10.1. The largest absolute Gasteiger partial charge is 0.435 e. The van der Waals surface area contributed by atoms with Crippen LogP contribution in [0.2, 0.25) is 0 Å². The molecular formula is C10H8BrF2NO4. The number of hydrogen-bond donors (Lipinski definition) is 0. The van der Waals surface area contributed by atoms with Crippen molar-refractivity contribution in [2.24, 2.45) is 0 Å². The lowest BCUT2D eigenvalue weighted by Gasteiger charge is -2.06. The maximum atomic E-state index is 12.0. The lowest BCUT2D eigenvalue weighted by Crippen LogP contribution is -2.07. The van der Waals surface area contributed by atoms with E-state index in [9.17, 15) is 23.7 Å². The zero-order valence-electron chi connectivity index (χ0n) is 8.94. The highest BCUT2D eigenvalue weighted by atomic mass is 79.9. The van der Waals surface area contributed by atoms with Crippen LogP contribution < -0.4 is 4.74 Å². The molecule has 0 aliphatic rings. The molecule has 0 aliphatic carbocycles. The second-order valence-corrected chi connectivity index (χ2v) is 3.97. The van der Waals surface area contributed by atoms with Crippen molar-refractivity contribution in [1.82, 2.24) is 0 Å². The number of nitro groups is 1. The highest BCUT2D eigenvalue weighted by Crippen LogP contribution is 2.26. The van der Waals surface area contributed by atoms with Gasteiger partial charge in [-0.25, -0.2) is 0 Å². The first-order chi connectivity index (χ1) is 8.45. The number of ether oxygens (including phenoxy) is 1. The molecule has 0 fully saturated rings. The molecule has 1 aromatic carbocycles. The Labute approximate surface area is 109 Å². The van der Waals surface area contributed by atoms with E-state index in [2.05, 4.69) is 20.7 Å². The van der Waals surface area contributed by atoms with Crippen LogP contribution in [-0.2, 0) is 0 Å². The molecule has 0 saturated heterocycles. The maximum absolute atomic E-state index is 12.0. The predicted molar refractivity (Wildman–Crippen MR) is 62.5 cm³/mol. The van der Waals surface area contributed by atoms with Gasteiger partial charge in [-0.3, -0.25) is 14.9 Å². The average Bonchev–Trinajstić information content (AvgIpc) is 2.28. The van der Waals surface area contributed by atoms with Crippen LogP contribution in [0, 0.1) is 10.1 Å². The molecule has 1 aromatic rings. The standard InChI is InChI=1S/C10H8BrF2NO4/c11-4-3-9(15)7-2-1-6(18-10(12)13)5-8(7)14(16)17/h1-2,5,10H,3-4H2. The minimum absolute atomic E-state index is 0.0793. The van der Waals surface area contributed by atoms with Crippen molar-refractivity contribution in [3.63, 3.8) is 0 Å². The Hall–Kier alpha value is -1.57. The third-order valence-corrected chi connectivity index (χ3v) is 2.41. The third-order valence-electron chi connectivity index (χ3n) is 2.01. The monoisotopic (exact) mass is 323 g/mol. The van der Waals surface area contributed by atoms with E-state index in [1.54, 1.807) is 0 Å². The summed E-state index contributed by atoms with van der Waals surface area (Å²) in [4.78, 5) is 21.5. The zero-order chi connectivity index (χ0) is 13.7. The first kappa shape index (κ1) is 14.5. The van der Waals surface area contributed by atoms with Crippen LogP contribution in [0.3, 0.4) is 0 Å². The molecule has 0 aliphatic heterocycles. The number of nitrogens with zero attached hydrogens (tertiary/aromatic N) is 1. The molecule has 0 radical (unpaired) electrons. The zero-order valence-corrected chi connectivity index (χ0v) is 10.5. The van der Waals surface area contributed by atoms with Crippen molar-refractivity contribution in [3.05, 3.63) is 33.9 Å². The van der Waals surface area contributed by atoms with Gasteiger partial charge in [-0.2, -0.15) is 8.78 Å². The molecule has 0 unspecified atom stereocenters. The molecule has 0 atom stereocenters. The Morgan fingerprint density at radius 1 is 1.50 bits per heavy atom. The Kier molecular flexibility index (Phi) is 5.14. The highest BCUT2D eigenvalue weighted by molar-refractivity contribution is 9.09. The number of alkyl halides is 3. The third kappa shape index (κ3) is 3.73. The molecular weight excluding hydrogens is 316 g/mol. The molecule has 0 spiro atoms. The average molecular weight is 324 g/mol. The summed E-state index contributed by atoms with van der Waals surface area (Å²) >= 11 is 3.04. The van der Waals surface area contributed by atoms with Gasteiger partial charge in [-0.05, 0) is 12.1 Å². The Bertz CT molecular complexity index is 467. The van der Waals surface area contributed by atoms with Crippen molar-refractivity contribution in [3.8, 4) is 5.75 Å². The van der Waals surface area contributed by atoms with Crippen molar-refractivity contribution in [1.29, 1.82) is 0 Å². The smallest absolute Gasteiger partial charge is 0.387 e. The van der Waals surface area contributed by atoms with Gasteiger partial charge in [0.2, 0.25) is 0 Å². The Morgan fingerprint density at radius 2 is 2.17 bits per heavy atom. The summed E-state index contributed by atoms with van der Waals surface area (Å²) < 4.78 is 28.0. The lowest BCUT2D eigenvalue weighted by molar-refractivity contribution is -0.385. The molecule has 8 heteroatoms. The summed E-state index contributed by atoms with van der Waals surface area (Å²) in [5.74, 6) is -0.797. The van der Waals surface area contributed by atoms with Crippen LogP contribution in [0.4, 0.5) is 14.5 Å². The molecule has 0 saturated carbocycles. The van der Waals surface area contributed by atoms with Crippen LogP contribution in [0.15, 0.2) is 18.2 Å². The van der Waals surface area contributed by atoms with Gasteiger partial charge in [-0.1, -0.05) is 15.9 Å². The van der Waals surface area contributed by atoms with Gasteiger partial charge in [0.1, 0.15) is 5.75 Å². The number of halogens is 3. The normalized spacial score (nSPS) is 10.4. The fraction of sp³-hybridized carbons (Fsp3) is 0.300. The molecule has 0 heterocycles. The van der Waals surface area contributed by atoms with Gasteiger partial charge >= 0.3 is 6.61 Å². The Morgan fingerprint density at radius 3 is 2.67 bits per heavy atom. The topological polar surface area (TPSA) is 69.4 Å². The quantitative estimate of drug-likeness (QED) is 0.349. The summed E-state index contributed by atoms with van der Waals surface area (Å²) in [5, 5.41) is 11.1. The van der Waals surface area contributed by atoms with E-state index in [1.807, 2.05) is 0 Å². The molecule has 0 amide bonds. The highest BCUT2D eigenvalue weighted by Gasteiger charge is 2.21. The van der Waals surface area contributed by atoms with Gasteiger partial charge in [0, 0.05) is 11.8 Å². The SMILES string of the molecule is O=C(CCBr)c1ccc(OC(F)F)cc1[N+](=O)[O-]. The van der Waals surface area contributed by atoms with Crippen molar-refractivity contribution >= 4 is 27.4 Å². The Balaban J connectivity index is 3.12. The van der Waals surface area contributed by atoms with Gasteiger partial charge in [0.15, 0.2) is 5.78 Å². The molecule has 0 N–H and O–H groups in total. The summed E-state index contributed by atoms with van der Waals surface area (Å²) in [6.07, 6.45) is 0.0793. The summed E-state index contributed by atoms with van der Waals surface area (Å²) in [6.45, 7) is -3.08. The van der Waals surface area contributed by atoms with Gasteiger partial charge in [0.05, 0.1) is 16.6 Å². The van der Waals surface area contributed by atoms with Crippen LogP contribution in [-0.4, -0.2) is 22.6 Å². The number of nitro benzene ring substituents is 1. The maximum Gasteiger partial charge on any atom is 0.387 e. The van der Waals surface area contributed by atoms with E-state index in [4.69, 9.17) is 0 Å². The van der Waals surface area contributed by atoms with E-state index in [0.717, 1.165) is 18.2 Å². The number of ketones is 1. The minimum Gasteiger partial charge on any atom is -0.435 e. The van der Waals surface area contributed by atoms with Crippen molar-refractivity contribution in [2.45, 2.75) is 13.0 Å². The van der Waals surface area contributed by atoms with E-state index < -0.39 is 23.0 Å². The van der Waals surface area contributed by atoms with Crippen LogP contribution in [0.5, 0.6) is 5.75 Å². The number of rotatable bonds is 6. The molecule has 18 heavy (non-hydrogen) atoms. The fourth-order valence-corrected chi connectivity index (χ4v) is 1.66. The number of hydrogen-bond acceptors (Lipinski definition) is 4. The number of benzene rings is 1. The molecule has 1 rings (SSSR count). The second kappa shape index (κ2) is 6.39. The molecule has 5 nitrogen and oxygen atoms in total. The second-order valence-electron chi connectivity index (χ2n) is 3.18. The van der Waals surface area contributed by atoms with E-state index in [1.165, 1.54) is 0 Å². The van der Waals surface area contributed by atoms with Crippen LogP contribution >= 0.6 is 15.9 Å². The summed E-state index contributed by atoms with van der Waals surface area (Å²) in [6, 6.07) is 3.02. The summed E-state index contributed by atoms with van der Waals surface area (Å²) in [5.41, 5.74) is -0.667. The van der Waals surface area contributed by atoms with Crippen LogP contribution in [0.25, 0.3) is 0 Å². The summed E-state index contributed by atoms with van der Waals surface area (Å²) in [7, 11) is 0.